The molecule has 1 aromatic carbocycles. The van der Waals surface area contributed by atoms with Gasteiger partial charge in [0.2, 0.25) is 5.13 Å². The van der Waals surface area contributed by atoms with Gasteiger partial charge >= 0.3 is 0 Å². The molecule has 1 heterocycles. The minimum absolute atomic E-state index is 0.283. The van der Waals surface area contributed by atoms with Crippen LogP contribution in [0.25, 0.3) is 0 Å². The van der Waals surface area contributed by atoms with Crippen LogP contribution in [0.4, 0.5) is 5.13 Å². The SMILES string of the molecule is COc1cccc(OC)c1C(=O)Nc1nnc(CN)s1. The summed E-state index contributed by atoms with van der Waals surface area (Å²) in [5, 5.41) is 11.3. The van der Waals surface area contributed by atoms with Crippen LogP contribution in [0.1, 0.15) is 15.4 Å². The zero-order valence-corrected chi connectivity index (χ0v) is 11.9. The van der Waals surface area contributed by atoms with Crippen molar-refractivity contribution in [3.8, 4) is 11.5 Å². The van der Waals surface area contributed by atoms with Gasteiger partial charge in [-0.1, -0.05) is 17.4 Å². The van der Waals surface area contributed by atoms with Crippen molar-refractivity contribution in [2.75, 3.05) is 19.5 Å². The summed E-state index contributed by atoms with van der Waals surface area (Å²) in [6.45, 7) is 0.283. The summed E-state index contributed by atoms with van der Waals surface area (Å²) in [4.78, 5) is 12.3. The van der Waals surface area contributed by atoms with E-state index in [0.29, 0.717) is 27.2 Å². The molecular formula is C12H14N4O3S. The maximum atomic E-state index is 12.3. The molecule has 7 nitrogen and oxygen atoms in total. The minimum Gasteiger partial charge on any atom is -0.496 e. The molecule has 0 saturated heterocycles. The number of nitrogens with zero attached hydrogens (tertiary/aromatic N) is 2. The number of aromatic nitrogens is 2. The van der Waals surface area contributed by atoms with Gasteiger partial charge in [0.05, 0.1) is 14.2 Å². The van der Waals surface area contributed by atoms with E-state index in [2.05, 4.69) is 15.5 Å². The van der Waals surface area contributed by atoms with Crippen molar-refractivity contribution in [3.05, 3.63) is 28.8 Å². The number of carbonyl (C=O) groups is 1. The smallest absolute Gasteiger partial charge is 0.265 e. The third-order valence-corrected chi connectivity index (χ3v) is 3.38. The quantitative estimate of drug-likeness (QED) is 0.861. The second-order valence-electron chi connectivity index (χ2n) is 3.70. The van der Waals surface area contributed by atoms with Crippen molar-refractivity contribution >= 4 is 22.4 Å². The van der Waals surface area contributed by atoms with Gasteiger partial charge in [-0.05, 0) is 12.1 Å². The van der Waals surface area contributed by atoms with E-state index >= 15 is 0 Å². The first-order valence-corrected chi connectivity index (χ1v) is 6.56. The molecule has 2 rings (SSSR count). The molecule has 106 valence electrons. The first-order chi connectivity index (χ1) is 9.69. The Hall–Kier alpha value is -2.19. The molecular weight excluding hydrogens is 280 g/mol. The highest BCUT2D eigenvalue weighted by molar-refractivity contribution is 7.15. The monoisotopic (exact) mass is 294 g/mol. The van der Waals surface area contributed by atoms with Gasteiger partial charge in [0.15, 0.2) is 0 Å². The lowest BCUT2D eigenvalue weighted by Gasteiger charge is -2.11. The van der Waals surface area contributed by atoms with Crippen LogP contribution in [0, 0.1) is 0 Å². The Balaban J connectivity index is 2.28. The highest BCUT2D eigenvalue weighted by Crippen LogP contribution is 2.29. The molecule has 0 unspecified atom stereocenters. The molecule has 8 heteroatoms. The molecule has 0 fully saturated rings. The minimum atomic E-state index is -0.376. The number of hydrogen-bond donors (Lipinski definition) is 2. The molecule has 0 saturated carbocycles. The van der Waals surface area contributed by atoms with Gasteiger partial charge < -0.3 is 15.2 Å². The average Bonchev–Trinajstić information content (AvgIpc) is 2.93. The Morgan fingerprint density at radius 2 is 1.95 bits per heavy atom. The van der Waals surface area contributed by atoms with E-state index in [0.717, 1.165) is 0 Å². The van der Waals surface area contributed by atoms with Crippen molar-refractivity contribution in [1.82, 2.24) is 10.2 Å². The number of amides is 1. The molecule has 0 radical (unpaired) electrons. The van der Waals surface area contributed by atoms with Crippen LogP contribution in [-0.4, -0.2) is 30.3 Å². The summed E-state index contributed by atoms with van der Waals surface area (Å²) in [6, 6.07) is 5.11. The van der Waals surface area contributed by atoms with Gasteiger partial charge in [0.25, 0.3) is 5.91 Å². The summed E-state index contributed by atoms with van der Waals surface area (Å²) in [7, 11) is 2.98. The number of nitrogens with one attached hydrogen (secondary N) is 1. The van der Waals surface area contributed by atoms with E-state index in [4.69, 9.17) is 15.2 Å². The lowest BCUT2D eigenvalue weighted by atomic mass is 10.1. The van der Waals surface area contributed by atoms with E-state index < -0.39 is 0 Å². The lowest BCUT2D eigenvalue weighted by Crippen LogP contribution is -2.14. The van der Waals surface area contributed by atoms with Crippen molar-refractivity contribution < 1.29 is 14.3 Å². The highest BCUT2D eigenvalue weighted by atomic mass is 32.1. The second-order valence-corrected chi connectivity index (χ2v) is 4.76. The Bertz CT molecular complexity index is 592. The number of hydrogen-bond acceptors (Lipinski definition) is 7. The van der Waals surface area contributed by atoms with Gasteiger partial charge in [0, 0.05) is 6.54 Å². The fourth-order valence-electron chi connectivity index (χ4n) is 1.62. The van der Waals surface area contributed by atoms with Crippen LogP contribution in [0.15, 0.2) is 18.2 Å². The number of carbonyl (C=O) groups excluding carboxylic acids is 1. The Kier molecular flexibility index (Phi) is 4.49. The van der Waals surface area contributed by atoms with E-state index in [1.165, 1.54) is 25.6 Å². The van der Waals surface area contributed by atoms with Crippen LogP contribution in [0.2, 0.25) is 0 Å². The van der Waals surface area contributed by atoms with Gasteiger partial charge in [-0.2, -0.15) is 0 Å². The molecule has 0 spiro atoms. The first-order valence-electron chi connectivity index (χ1n) is 5.74. The number of anilines is 1. The third kappa shape index (κ3) is 2.86. The zero-order chi connectivity index (χ0) is 14.5. The zero-order valence-electron chi connectivity index (χ0n) is 11.0. The number of ether oxygens (including phenoxy) is 2. The standard InChI is InChI=1S/C12H14N4O3S/c1-18-7-4-3-5-8(19-2)10(7)11(17)14-12-16-15-9(6-13)20-12/h3-5H,6,13H2,1-2H3,(H,14,16,17). The molecule has 0 aliphatic rings. The van der Waals surface area contributed by atoms with Crippen molar-refractivity contribution in [1.29, 1.82) is 0 Å². The fourth-order valence-corrected chi connectivity index (χ4v) is 2.23. The summed E-state index contributed by atoms with van der Waals surface area (Å²) in [5.74, 6) is 0.467. The molecule has 0 atom stereocenters. The first kappa shape index (κ1) is 14.2. The van der Waals surface area contributed by atoms with E-state index in [1.54, 1.807) is 18.2 Å². The summed E-state index contributed by atoms with van der Waals surface area (Å²) >= 11 is 1.22. The third-order valence-electron chi connectivity index (χ3n) is 2.52. The fraction of sp³-hybridized carbons (Fsp3) is 0.250. The normalized spacial score (nSPS) is 10.2. The van der Waals surface area contributed by atoms with E-state index in [1.807, 2.05) is 0 Å². The summed E-state index contributed by atoms with van der Waals surface area (Å²) in [5.41, 5.74) is 5.76. The Labute approximate surface area is 119 Å². The maximum Gasteiger partial charge on any atom is 0.265 e. The molecule has 0 aliphatic carbocycles. The Morgan fingerprint density at radius 3 is 2.45 bits per heavy atom. The van der Waals surface area contributed by atoms with Gasteiger partial charge in [-0.25, -0.2) is 0 Å². The molecule has 1 aromatic heterocycles. The van der Waals surface area contributed by atoms with Gasteiger partial charge in [-0.15, -0.1) is 10.2 Å². The molecule has 0 bridgehead atoms. The van der Waals surface area contributed by atoms with Crippen molar-refractivity contribution in [2.45, 2.75) is 6.54 Å². The number of benzene rings is 1. The van der Waals surface area contributed by atoms with Crippen molar-refractivity contribution in [3.63, 3.8) is 0 Å². The molecule has 2 aromatic rings. The second kappa shape index (κ2) is 6.31. The average molecular weight is 294 g/mol. The molecule has 1 amide bonds. The van der Waals surface area contributed by atoms with Gasteiger partial charge in [0.1, 0.15) is 22.1 Å². The van der Waals surface area contributed by atoms with Crippen molar-refractivity contribution in [2.24, 2.45) is 5.73 Å². The lowest BCUT2D eigenvalue weighted by molar-refractivity contribution is 0.102. The molecule has 20 heavy (non-hydrogen) atoms. The number of methoxy groups -OCH3 is 2. The largest absolute Gasteiger partial charge is 0.496 e. The Morgan fingerprint density at radius 1 is 1.30 bits per heavy atom. The summed E-state index contributed by atoms with van der Waals surface area (Å²) < 4.78 is 10.4. The van der Waals surface area contributed by atoms with Crippen LogP contribution >= 0.6 is 11.3 Å². The predicted molar refractivity (Wildman–Crippen MR) is 75.3 cm³/mol. The number of rotatable bonds is 5. The van der Waals surface area contributed by atoms with Crippen LogP contribution < -0.4 is 20.5 Å². The van der Waals surface area contributed by atoms with Gasteiger partial charge in [-0.3, -0.25) is 10.1 Å². The predicted octanol–water partition coefficient (Wildman–Crippen LogP) is 1.27. The van der Waals surface area contributed by atoms with Crippen LogP contribution in [0.5, 0.6) is 11.5 Å². The molecule has 0 aliphatic heterocycles. The van der Waals surface area contributed by atoms with Crippen LogP contribution in [-0.2, 0) is 6.54 Å². The topological polar surface area (TPSA) is 99.4 Å². The highest BCUT2D eigenvalue weighted by Gasteiger charge is 2.19. The van der Waals surface area contributed by atoms with Crippen LogP contribution in [0.3, 0.4) is 0 Å². The number of nitrogens with two attached hydrogens (primary N) is 1. The molecule has 3 N–H and O–H groups in total. The van der Waals surface area contributed by atoms with E-state index in [9.17, 15) is 4.79 Å². The summed E-state index contributed by atoms with van der Waals surface area (Å²) in [6.07, 6.45) is 0. The van der Waals surface area contributed by atoms with E-state index in [-0.39, 0.29) is 12.5 Å². The maximum absolute atomic E-state index is 12.3.